The number of nitrogens with two attached hydrogens (primary N) is 1. The van der Waals surface area contributed by atoms with Gasteiger partial charge in [-0.05, 0) is 18.6 Å². The average molecular weight is 329 g/mol. The van der Waals surface area contributed by atoms with Crippen LogP contribution in [0.15, 0.2) is 71.5 Å². The van der Waals surface area contributed by atoms with E-state index in [1.807, 2.05) is 68.6 Å². The molecular formula is C21H19N3O. The van der Waals surface area contributed by atoms with E-state index in [-0.39, 0.29) is 5.56 Å². The smallest absolute Gasteiger partial charge is 0.278 e. The number of nitrogen functional groups attached to an aromatic ring is 1. The lowest BCUT2D eigenvalue weighted by Gasteiger charge is -2.10. The third-order valence-electron chi connectivity index (χ3n) is 4.81. The minimum atomic E-state index is -0.174. The summed E-state index contributed by atoms with van der Waals surface area (Å²) >= 11 is 0. The zero-order valence-corrected chi connectivity index (χ0v) is 14.2. The molecule has 2 N–H and O–H groups in total. The molecule has 0 saturated carbocycles. The second-order valence-corrected chi connectivity index (χ2v) is 6.22. The number of benzene rings is 2. The molecule has 0 amide bonds. The molecule has 4 aromatic rings. The van der Waals surface area contributed by atoms with E-state index >= 15 is 0 Å². The maximum Gasteiger partial charge on any atom is 0.278 e. The third-order valence-corrected chi connectivity index (χ3v) is 4.81. The highest BCUT2D eigenvalue weighted by atomic mass is 16.1. The van der Waals surface area contributed by atoms with Gasteiger partial charge in [-0.25, -0.2) is 4.68 Å². The van der Waals surface area contributed by atoms with E-state index in [1.54, 1.807) is 0 Å². The van der Waals surface area contributed by atoms with E-state index in [0.717, 1.165) is 27.9 Å². The Morgan fingerprint density at radius 3 is 2.04 bits per heavy atom. The molecule has 0 fully saturated rings. The van der Waals surface area contributed by atoms with E-state index in [2.05, 4.69) is 16.7 Å². The standard InChI is InChI=1S/C21H19N3O/c1-14-19-17(20(23(14)2)16-11-7-4-8-12-16)13-18(24(22)21(19)25)15-9-5-3-6-10-15/h3-13H,22H2,1-2H3. The maximum absolute atomic E-state index is 13.0. The van der Waals surface area contributed by atoms with Crippen LogP contribution in [0.2, 0.25) is 0 Å². The predicted molar refractivity (Wildman–Crippen MR) is 103 cm³/mol. The summed E-state index contributed by atoms with van der Waals surface area (Å²) in [7, 11) is 1.99. The first kappa shape index (κ1) is 15.3. The lowest BCUT2D eigenvalue weighted by molar-refractivity contribution is 0.894. The zero-order valence-electron chi connectivity index (χ0n) is 14.2. The van der Waals surface area contributed by atoms with Crippen LogP contribution in [0.1, 0.15) is 5.69 Å². The van der Waals surface area contributed by atoms with Crippen LogP contribution in [0.25, 0.3) is 33.3 Å². The van der Waals surface area contributed by atoms with Gasteiger partial charge in [0.05, 0.1) is 16.8 Å². The van der Waals surface area contributed by atoms with Crippen LogP contribution >= 0.6 is 0 Å². The molecule has 25 heavy (non-hydrogen) atoms. The van der Waals surface area contributed by atoms with Crippen molar-refractivity contribution in [2.45, 2.75) is 6.92 Å². The number of aryl methyl sites for hydroxylation is 1. The number of hydrogen-bond donors (Lipinski definition) is 1. The SMILES string of the molecule is Cc1c2c(=O)n(N)c(-c3ccccc3)cc2c(-c2ccccc2)n1C. The summed E-state index contributed by atoms with van der Waals surface area (Å²) in [6.07, 6.45) is 0. The number of fused-ring (bicyclic) bond motifs is 1. The maximum atomic E-state index is 13.0. The van der Waals surface area contributed by atoms with Crippen molar-refractivity contribution >= 4 is 10.8 Å². The van der Waals surface area contributed by atoms with E-state index in [1.165, 1.54) is 4.68 Å². The summed E-state index contributed by atoms with van der Waals surface area (Å²) < 4.78 is 3.32. The monoisotopic (exact) mass is 329 g/mol. The number of aromatic nitrogens is 2. The summed E-state index contributed by atoms with van der Waals surface area (Å²) in [5.41, 5.74) is 4.48. The first-order valence-electron chi connectivity index (χ1n) is 8.20. The molecule has 4 nitrogen and oxygen atoms in total. The highest BCUT2D eigenvalue weighted by Crippen LogP contribution is 2.33. The van der Waals surface area contributed by atoms with Gasteiger partial charge in [-0.3, -0.25) is 4.79 Å². The van der Waals surface area contributed by atoms with Gasteiger partial charge in [0.15, 0.2) is 0 Å². The Kier molecular flexibility index (Phi) is 3.46. The predicted octanol–water partition coefficient (Wildman–Crippen LogP) is 3.70. The lowest BCUT2D eigenvalue weighted by atomic mass is 10.0. The van der Waals surface area contributed by atoms with Gasteiger partial charge >= 0.3 is 0 Å². The molecule has 0 saturated heterocycles. The van der Waals surface area contributed by atoms with Crippen molar-refractivity contribution in [3.8, 4) is 22.5 Å². The Bertz CT molecular complexity index is 1120. The summed E-state index contributed by atoms with van der Waals surface area (Å²) in [5.74, 6) is 6.14. The van der Waals surface area contributed by atoms with Gasteiger partial charge in [0.25, 0.3) is 5.56 Å². The number of nitrogens with zero attached hydrogens (tertiary/aromatic N) is 2. The largest absolute Gasteiger partial charge is 0.347 e. The number of rotatable bonds is 2. The molecule has 0 bridgehead atoms. The van der Waals surface area contributed by atoms with Gasteiger partial charge in [0.2, 0.25) is 0 Å². The normalized spacial score (nSPS) is 11.1. The first-order chi connectivity index (χ1) is 12.1. The van der Waals surface area contributed by atoms with Crippen molar-refractivity contribution in [1.29, 1.82) is 0 Å². The minimum Gasteiger partial charge on any atom is -0.347 e. The minimum absolute atomic E-state index is 0.174. The quantitative estimate of drug-likeness (QED) is 0.570. The molecule has 2 heterocycles. The van der Waals surface area contributed by atoms with Crippen LogP contribution in [-0.2, 0) is 7.05 Å². The van der Waals surface area contributed by atoms with Crippen LogP contribution in [-0.4, -0.2) is 9.24 Å². The summed E-state index contributed by atoms with van der Waals surface area (Å²) in [6.45, 7) is 1.96. The second-order valence-electron chi connectivity index (χ2n) is 6.22. The van der Waals surface area contributed by atoms with Crippen molar-refractivity contribution < 1.29 is 0 Å². The van der Waals surface area contributed by atoms with Gasteiger partial charge in [0.1, 0.15) is 0 Å². The topological polar surface area (TPSA) is 52.9 Å². The van der Waals surface area contributed by atoms with Gasteiger partial charge in [0, 0.05) is 23.7 Å². The van der Waals surface area contributed by atoms with Crippen LogP contribution in [0.3, 0.4) is 0 Å². The molecule has 0 aliphatic rings. The van der Waals surface area contributed by atoms with Gasteiger partial charge in [-0.1, -0.05) is 60.7 Å². The molecule has 4 heteroatoms. The lowest BCUT2D eigenvalue weighted by Crippen LogP contribution is -2.28. The van der Waals surface area contributed by atoms with Crippen LogP contribution in [0, 0.1) is 6.92 Å². The third kappa shape index (κ3) is 2.26. The van der Waals surface area contributed by atoms with Crippen molar-refractivity contribution in [3.63, 3.8) is 0 Å². The zero-order chi connectivity index (χ0) is 17.6. The fourth-order valence-corrected chi connectivity index (χ4v) is 3.45. The summed E-state index contributed by atoms with van der Waals surface area (Å²) in [4.78, 5) is 13.0. The first-order valence-corrected chi connectivity index (χ1v) is 8.20. The van der Waals surface area contributed by atoms with Crippen LogP contribution in [0.5, 0.6) is 0 Å². The van der Waals surface area contributed by atoms with Crippen molar-refractivity contribution in [3.05, 3.63) is 82.8 Å². The molecule has 2 aromatic heterocycles. The van der Waals surface area contributed by atoms with Crippen molar-refractivity contribution in [1.82, 2.24) is 9.24 Å². The number of pyridine rings is 1. The summed E-state index contributed by atoms with van der Waals surface area (Å²) in [5, 5.41) is 1.60. The van der Waals surface area contributed by atoms with E-state index in [9.17, 15) is 4.79 Å². The van der Waals surface area contributed by atoms with E-state index < -0.39 is 0 Å². The van der Waals surface area contributed by atoms with E-state index in [0.29, 0.717) is 11.1 Å². The van der Waals surface area contributed by atoms with Crippen molar-refractivity contribution in [2.24, 2.45) is 7.05 Å². The fraction of sp³-hybridized carbons (Fsp3) is 0.0952. The molecular weight excluding hydrogens is 310 g/mol. The molecule has 4 rings (SSSR count). The Hall–Kier alpha value is -3.27. The van der Waals surface area contributed by atoms with Gasteiger partial charge in [-0.2, -0.15) is 0 Å². The Labute approximate surface area is 145 Å². The van der Waals surface area contributed by atoms with Crippen LogP contribution in [0.4, 0.5) is 0 Å². The second kappa shape index (κ2) is 5.67. The molecule has 2 aromatic carbocycles. The van der Waals surface area contributed by atoms with Crippen molar-refractivity contribution in [2.75, 3.05) is 5.84 Å². The Morgan fingerprint density at radius 2 is 1.44 bits per heavy atom. The Balaban J connectivity index is 2.14. The highest BCUT2D eigenvalue weighted by molar-refractivity contribution is 5.99. The Morgan fingerprint density at radius 1 is 0.880 bits per heavy atom. The van der Waals surface area contributed by atoms with Gasteiger partial charge in [-0.15, -0.1) is 0 Å². The number of hydrogen-bond acceptors (Lipinski definition) is 2. The molecule has 0 unspecified atom stereocenters. The molecule has 124 valence electrons. The fourth-order valence-electron chi connectivity index (χ4n) is 3.45. The van der Waals surface area contributed by atoms with Gasteiger partial charge < -0.3 is 10.4 Å². The molecule has 0 spiro atoms. The average Bonchev–Trinajstić information content (AvgIpc) is 2.90. The molecule has 0 atom stereocenters. The highest BCUT2D eigenvalue weighted by Gasteiger charge is 2.19. The molecule has 0 radical (unpaired) electrons. The van der Waals surface area contributed by atoms with Crippen LogP contribution < -0.4 is 11.4 Å². The molecule has 0 aliphatic carbocycles. The molecule has 0 aliphatic heterocycles. The summed E-state index contributed by atoms with van der Waals surface area (Å²) in [6, 6.07) is 21.9. The van der Waals surface area contributed by atoms with E-state index in [4.69, 9.17) is 5.84 Å².